The van der Waals surface area contributed by atoms with Gasteiger partial charge in [-0.1, -0.05) is 50.3 Å². The van der Waals surface area contributed by atoms with Gasteiger partial charge in [-0.3, -0.25) is 4.79 Å². The lowest BCUT2D eigenvalue weighted by molar-refractivity contribution is 0.0998. The molecule has 0 aliphatic rings. The van der Waals surface area contributed by atoms with Gasteiger partial charge in [-0.05, 0) is 49.1 Å². The van der Waals surface area contributed by atoms with Crippen molar-refractivity contribution in [2.24, 2.45) is 0 Å². The van der Waals surface area contributed by atoms with Crippen LogP contribution in [0.5, 0.6) is 5.75 Å². The summed E-state index contributed by atoms with van der Waals surface area (Å²) in [7, 11) is 0. The van der Waals surface area contributed by atoms with Crippen LogP contribution in [0, 0.1) is 6.92 Å². The van der Waals surface area contributed by atoms with E-state index in [1.54, 1.807) is 22.1 Å². The number of furan rings is 1. The molecule has 0 aliphatic carbocycles. The van der Waals surface area contributed by atoms with Gasteiger partial charge in [-0.15, -0.1) is 0 Å². The van der Waals surface area contributed by atoms with Gasteiger partial charge in [0.05, 0.1) is 22.5 Å². The number of carbonyl (C=O) groups is 1. The van der Waals surface area contributed by atoms with E-state index in [9.17, 15) is 4.79 Å². The van der Waals surface area contributed by atoms with E-state index in [4.69, 9.17) is 14.1 Å². The summed E-state index contributed by atoms with van der Waals surface area (Å²) in [5.74, 6) is 0.981. The highest BCUT2D eigenvalue weighted by atomic mass is 32.1. The minimum Gasteiger partial charge on any atom is -0.490 e. The first kappa shape index (κ1) is 22.2. The van der Waals surface area contributed by atoms with E-state index < -0.39 is 0 Å². The largest absolute Gasteiger partial charge is 0.490 e. The summed E-state index contributed by atoms with van der Waals surface area (Å²) in [5, 5.41) is 9.00. The Labute approximate surface area is 201 Å². The summed E-state index contributed by atoms with van der Waals surface area (Å²) >= 11 is 1.54. The number of ether oxygens (including phenoxy) is 1. The van der Waals surface area contributed by atoms with E-state index in [2.05, 4.69) is 43.3 Å². The predicted octanol–water partition coefficient (Wildman–Crippen LogP) is 6.49. The van der Waals surface area contributed by atoms with Gasteiger partial charge in [0, 0.05) is 11.5 Å². The molecule has 0 spiro atoms. The molecule has 7 nitrogen and oxygen atoms in total. The number of anilines is 1. The molecule has 0 fully saturated rings. The molecule has 5 aromatic rings. The van der Waals surface area contributed by atoms with Gasteiger partial charge in [-0.25, -0.2) is 4.98 Å². The summed E-state index contributed by atoms with van der Waals surface area (Å²) in [5.41, 5.74) is 3.53. The van der Waals surface area contributed by atoms with Crippen molar-refractivity contribution in [3.05, 3.63) is 65.5 Å². The number of hydrogen-bond donors (Lipinski definition) is 1. The summed E-state index contributed by atoms with van der Waals surface area (Å²) < 4.78 is 14.2. The molecule has 0 bridgehead atoms. The minimum absolute atomic E-state index is 0.0500. The summed E-state index contributed by atoms with van der Waals surface area (Å²) in [4.78, 5) is 17.8. The highest BCUT2D eigenvalue weighted by Gasteiger charge is 2.20. The summed E-state index contributed by atoms with van der Waals surface area (Å²) in [6.07, 6.45) is 0. The van der Waals surface area contributed by atoms with Crippen molar-refractivity contribution in [2.45, 2.75) is 40.0 Å². The molecule has 0 aliphatic heterocycles. The summed E-state index contributed by atoms with van der Waals surface area (Å²) in [6.45, 7) is 10.9. The van der Waals surface area contributed by atoms with Crippen molar-refractivity contribution < 1.29 is 13.9 Å². The van der Waals surface area contributed by atoms with Gasteiger partial charge in [0.2, 0.25) is 5.13 Å². The number of amides is 1. The van der Waals surface area contributed by atoms with Crippen molar-refractivity contribution in [3.63, 3.8) is 0 Å². The molecule has 0 atom stereocenters. The molecule has 8 heteroatoms. The van der Waals surface area contributed by atoms with Crippen LogP contribution in [-0.2, 0) is 5.41 Å². The first-order valence-electron chi connectivity index (χ1n) is 11.2. The number of nitrogens with one attached hydrogen (secondary N) is 1. The van der Waals surface area contributed by atoms with Crippen molar-refractivity contribution in [1.29, 1.82) is 0 Å². The number of carbonyl (C=O) groups excluding carboxylic acids is 1. The van der Waals surface area contributed by atoms with E-state index in [0.29, 0.717) is 28.9 Å². The molecule has 3 heterocycles. The molecular weight excluding hydrogens is 448 g/mol. The number of aryl methyl sites for hydroxylation is 1. The fourth-order valence-electron chi connectivity index (χ4n) is 3.80. The molecule has 2 aromatic carbocycles. The van der Waals surface area contributed by atoms with Gasteiger partial charge in [0.1, 0.15) is 5.82 Å². The predicted molar refractivity (Wildman–Crippen MR) is 136 cm³/mol. The van der Waals surface area contributed by atoms with E-state index in [-0.39, 0.29) is 17.1 Å². The van der Waals surface area contributed by atoms with E-state index >= 15 is 0 Å². The molecule has 174 valence electrons. The van der Waals surface area contributed by atoms with Gasteiger partial charge in [0.15, 0.2) is 17.1 Å². The third-order valence-corrected chi connectivity index (χ3v) is 6.52. The monoisotopic (exact) mass is 474 g/mol. The van der Waals surface area contributed by atoms with Crippen LogP contribution < -0.4 is 10.1 Å². The third-order valence-electron chi connectivity index (χ3n) is 5.53. The normalized spacial score (nSPS) is 11.9. The molecule has 5 rings (SSSR count). The number of para-hydroxylation sites is 1. The number of nitrogens with zero attached hydrogens (tertiary/aromatic N) is 3. The van der Waals surface area contributed by atoms with Gasteiger partial charge < -0.3 is 14.5 Å². The van der Waals surface area contributed by atoms with Crippen LogP contribution in [-0.4, -0.2) is 27.3 Å². The summed E-state index contributed by atoms with van der Waals surface area (Å²) in [6, 6.07) is 15.4. The molecule has 0 saturated heterocycles. The maximum atomic E-state index is 13.1. The number of rotatable bonds is 5. The van der Waals surface area contributed by atoms with Crippen molar-refractivity contribution >= 4 is 44.2 Å². The number of thiazole rings is 1. The zero-order chi connectivity index (χ0) is 24.0. The van der Waals surface area contributed by atoms with Crippen LogP contribution in [0.3, 0.4) is 0 Å². The zero-order valence-electron chi connectivity index (χ0n) is 19.8. The average molecular weight is 475 g/mol. The van der Waals surface area contributed by atoms with Crippen LogP contribution in [0.1, 0.15) is 49.5 Å². The van der Waals surface area contributed by atoms with Crippen LogP contribution in [0.25, 0.3) is 26.3 Å². The quantitative estimate of drug-likeness (QED) is 0.315. The van der Waals surface area contributed by atoms with Crippen LogP contribution in [0.4, 0.5) is 5.82 Å². The average Bonchev–Trinajstić information content (AvgIpc) is 3.49. The number of fused-ring (bicyclic) bond motifs is 2. The highest BCUT2D eigenvalue weighted by Crippen LogP contribution is 2.32. The number of aromatic nitrogens is 3. The van der Waals surface area contributed by atoms with Crippen LogP contribution in [0.2, 0.25) is 0 Å². The van der Waals surface area contributed by atoms with E-state index in [1.807, 2.05) is 44.2 Å². The number of hydrogen-bond acceptors (Lipinski definition) is 6. The molecule has 0 saturated carbocycles. The lowest BCUT2D eigenvalue weighted by atomic mass is 9.87. The second kappa shape index (κ2) is 8.29. The lowest BCUT2D eigenvalue weighted by Crippen LogP contribution is -2.14. The Morgan fingerprint density at radius 1 is 1.18 bits per heavy atom. The second-order valence-electron chi connectivity index (χ2n) is 9.18. The standard InChI is InChI=1S/C26H26N4O3S/c1-6-32-19-9-7-8-16-13-20(33-23(16)19)24(31)28-22-12-15(2)29-30(22)25-27-18-11-10-17(26(3,4)5)14-21(18)34-25/h7-14H,6H2,1-5H3,(H,28,31). The Bertz CT molecular complexity index is 1520. The van der Waals surface area contributed by atoms with Crippen molar-refractivity contribution in [1.82, 2.24) is 14.8 Å². The lowest BCUT2D eigenvalue weighted by Gasteiger charge is -2.18. The van der Waals surface area contributed by atoms with Crippen LogP contribution in [0.15, 0.2) is 52.9 Å². The molecule has 3 aromatic heterocycles. The molecule has 1 N–H and O–H groups in total. The smallest absolute Gasteiger partial charge is 0.292 e. The van der Waals surface area contributed by atoms with Gasteiger partial charge in [0.25, 0.3) is 5.91 Å². The first-order valence-corrected chi connectivity index (χ1v) is 12.0. The zero-order valence-corrected chi connectivity index (χ0v) is 20.6. The van der Waals surface area contributed by atoms with Crippen LogP contribution >= 0.6 is 11.3 Å². The Hall–Kier alpha value is -3.65. The van der Waals surface area contributed by atoms with E-state index in [1.165, 1.54) is 5.56 Å². The maximum absolute atomic E-state index is 13.1. The molecular formula is C26H26N4O3S. The molecule has 0 unspecified atom stereocenters. The second-order valence-corrected chi connectivity index (χ2v) is 10.2. The Balaban J connectivity index is 1.47. The molecule has 1 amide bonds. The fraction of sp³-hybridized carbons (Fsp3) is 0.269. The Morgan fingerprint density at radius 2 is 2.00 bits per heavy atom. The topological polar surface area (TPSA) is 82.2 Å². The minimum atomic E-state index is -0.365. The van der Waals surface area contributed by atoms with Gasteiger partial charge >= 0.3 is 0 Å². The molecule has 34 heavy (non-hydrogen) atoms. The highest BCUT2D eigenvalue weighted by molar-refractivity contribution is 7.20. The first-order chi connectivity index (χ1) is 16.2. The molecule has 0 radical (unpaired) electrons. The van der Waals surface area contributed by atoms with Gasteiger partial charge in [-0.2, -0.15) is 9.78 Å². The maximum Gasteiger partial charge on any atom is 0.292 e. The Morgan fingerprint density at radius 3 is 2.76 bits per heavy atom. The fourth-order valence-corrected chi connectivity index (χ4v) is 4.77. The SMILES string of the molecule is CCOc1cccc2cc(C(=O)Nc3cc(C)nn3-c3nc4ccc(C(C)(C)C)cc4s3)oc12. The third kappa shape index (κ3) is 4.05. The number of benzene rings is 2. The van der Waals surface area contributed by atoms with E-state index in [0.717, 1.165) is 21.3 Å². The van der Waals surface area contributed by atoms with Crippen molar-refractivity contribution in [2.75, 3.05) is 11.9 Å². The Kier molecular flexibility index (Phi) is 5.40. The van der Waals surface area contributed by atoms with Crippen molar-refractivity contribution in [3.8, 4) is 10.9 Å².